The highest BCUT2D eigenvalue weighted by atomic mass is 16.7. The summed E-state index contributed by atoms with van der Waals surface area (Å²) in [7, 11) is 0. The predicted octanol–water partition coefficient (Wildman–Crippen LogP) is 5.35. The van der Waals surface area contributed by atoms with Crippen LogP contribution >= 0.6 is 0 Å². The SMILES string of the molecule is C[C@H]1[C@@H](CN2CCN(Cc3ccccc3)CC2)O[C@@H](c2ccc(N3C(=O)CC(NC(=O)OCc4ccccc4)C3=O)cc2)O[C@H]1c1ccc(CO)cc1. The molecule has 4 aromatic rings. The lowest BCUT2D eigenvalue weighted by Gasteiger charge is -2.44. The minimum Gasteiger partial charge on any atom is -0.445 e. The summed E-state index contributed by atoms with van der Waals surface area (Å²) >= 11 is 0. The number of aliphatic hydroxyl groups excluding tert-OH is 1. The van der Waals surface area contributed by atoms with Crippen molar-refractivity contribution in [3.8, 4) is 0 Å². The van der Waals surface area contributed by atoms with E-state index in [-0.39, 0.29) is 37.8 Å². The highest BCUT2D eigenvalue weighted by molar-refractivity contribution is 6.22. The number of hydrogen-bond acceptors (Lipinski definition) is 9. The molecule has 0 spiro atoms. The third kappa shape index (κ3) is 8.84. The minimum absolute atomic E-state index is 0.0322. The largest absolute Gasteiger partial charge is 0.445 e. The topological polar surface area (TPSA) is 121 Å². The number of carbonyl (C=O) groups excluding carboxylic acids is 3. The smallest absolute Gasteiger partial charge is 0.408 e. The standard InChI is InChI=1S/C42H46N4O7/c1-29-37(26-45-22-20-44(21-23-45)25-30-8-4-2-5-9-30)52-41(53-39(29)33-14-12-31(27-47)13-15-33)34-16-18-35(19-17-34)46-38(48)24-36(40(46)49)43-42(50)51-28-32-10-6-3-7-11-32/h2-19,29,36-37,39,41,47H,20-28H2,1H3,(H,43,50)/t29-,36?,37+,39+,41+/m0/s1. The molecule has 2 N–H and O–H groups in total. The second-order valence-electron chi connectivity index (χ2n) is 14.0. The van der Waals surface area contributed by atoms with E-state index in [1.54, 1.807) is 12.1 Å². The molecule has 3 aliphatic heterocycles. The number of imide groups is 1. The van der Waals surface area contributed by atoms with Gasteiger partial charge in [0.1, 0.15) is 12.6 Å². The molecule has 4 aromatic carbocycles. The summed E-state index contributed by atoms with van der Waals surface area (Å²) in [6.07, 6.45) is -2.01. The van der Waals surface area contributed by atoms with Crippen molar-refractivity contribution in [3.63, 3.8) is 0 Å². The van der Waals surface area contributed by atoms with Crippen LogP contribution in [0.4, 0.5) is 10.5 Å². The van der Waals surface area contributed by atoms with Gasteiger partial charge in [0, 0.05) is 50.7 Å². The van der Waals surface area contributed by atoms with Gasteiger partial charge >= 0.3 is 6.09 Å². The molecule has 0 bridgehead atoms. The molecule has 3 amide bonds. The molecular weight excluding hydrogens is 672 g/mol. The van der Waals surface area contributed by atoms with Gasteiger partial charge in [0.05, 0.1) is 30.9 Å². The number of alkyl carbamates (subject to hydrolysis) is 1. The molecule has 7 rings (SSSR count). The molecule has 3 aliphatic rings. The molecule has 0 aliphatic carbocycles. The Kier molecular flexibility index (Phi) is 11.6. The van der Waals surface area contributed by atoms with E-state index in [0.717, 1.165) is 66.4 Å². The lowest BCUT2D eigenvalue weighted by molar-refractivity contribution is -0.276. The molecule has 11 heteroatoms. The highest BCUT2D eigenvalue weighted by Gasteiger charge is 2.42. The van der Waals surface area contributed by atoms with Crippen LogP contribution in [-0.2, 0) is 43.6 Å². The molecule has 0 aromatic heterocycles. The van der Waals surface area contributed by atoms with Crippen molar-refractivity contribution < 1.29 is 33.7 Å². The van der Waals surface area contributed by atoms with E-state index in [4.69, 9.17) is 14.2 Å². The van der Waals surface area contributed by atoms with Crippen LogP contribution in [0.1, 0.15) is 53.6 Å². The number of hydrogen-bond donors (Lipinski definition) is 2. The summed E-state index contributed by atoms with van der Waals surface area (Å²) < 4.78 is 18.6. The lowest BCUT2D eigenvalue weighted by Crippen LogP contribution is -2.51. The van der Waals surface area contributed by atoms with Crippen molar-refractivity contribution in [2.75, 3.05) is 37.6 Å². The van der Waals surface area contributed by atoms with Crippen LogP contribution in [0.5, 0.6) is 0 Å². The summed E-state index contributed by atoms with van der Waals surface area (Å²) in [5.41, 5.74) is 5.13. The zero-order valence-electron chi connectivity index (χ0n) is 29.9. The molecule has 3 saturated heterocycles. The number of nitrogens with zero attached hydrogens (tertiary/aromatic N) is 3. The molecule has 0 saturated carbocycles. The molecule has 11 nitrogen and oxygen atoms in total. The number of benzene rings is 4. The summed E-state index contributed by atoms with van der Waals surface area (Å²) in [4.78, 5) is 44.8. The Labute approximate surface area is 310 Å². The number of rotatable bonds is 11. The lowest BCUT2D eigenvalue weighted by atomic mass is 9.90. The van der Waals surface area contributed by atoms with E-state index in [9.17, 15) is 19.5 Å². The fourth-order valence-corrected chi connectivity index (χ4v) is 7.26. The fourth-order valence-electron chi connectivity index (χ4n) is 7.26. The molecule has 276 valence electrons. The van der Waals surface area contributed by atoms with Crippen molar-refractivity contribution in [2.45, 2.75) is 57.6 Å². The van der Waals surface area contributed by atoms with Gasteiger partial charge in [0.25, 0.3) is 5.91 Å². The summed E-state index contributed by atoms with van der Waals surface area (Å²) in [5.74, 6) is -0.893. The maximum atomic E-state index is 13.3. The second-order valence-corrected chi connectivity index (χ2v) is 14.0. The third-order valence-corrected chi connectivity index (χ3v) is 10.4. The van der Waals surface area contributed by atoms with Crippen LogP contribution in [0.25, 0.3) is 0 Å². The van der Waals surface area contributed by atoms with E-state index in [2.05, 4.69) is 46.3 Å². The molecular formula is C42H46N4O7. The zero-order chi connectivity index (χ0) is 36.7. The average Bonchev–Trinajstić information content (AvgIpc) is 3.47. The van der Waals surface area contributed by atoms with Crippen LogP contribution < -0.4 is 10.2 Å². The number of nitrogens with one attached hydrogen (secondary N) is 1. The van der Waals surface area contributed by atoms with Crippen molar-refractivity contribution in [1.29, 1.82) is 0 Å². The van der Waals surface area contributed by atoms with Crippen LogP contribution in [0.3, 0.4) is 0 Å². The quantitative estimate of drug-likeness (QED) is 0.198. The molecule has 5 atom stereocenters. The molecule has 53 heavy (non-hydrogen) atoms. The number of amides is 3. The average molecular weight is 719 g/mol. The van der Waals surface area contributed by atoms with Gasteiger partial charge in [-0.1, -0.05) is 104 Å². The van der Waals surface area contributed by atoms with E-state index < -0.39 is 30.2 Å². The van der Waals surface area contributed by atoms with Gasteiger partial charge in [-0.3, -0.25) is 19.4 Å². The minimum atomic E-state index is -1.02. The Morgan fingerprint density at radius 2 is 1.40 bits per heavy atom. The van der Waals surface area contributed by atoms with E-state index in [1.165, 1.54) is 5.56 Å². The van der Waals surface area contributed by atoms with Gasteiger partial charge in [0.2, 0.25) is 5.91 Å². The third-order valence-electron chi connectivity index (χ3n) is 10.4. The van der Waals surface area contributed by atoms with Crippen LogP contribution in [0.2, 0.25) is 0 Å². The second kappa shape index (κ2) is 16.8. The predicted molar refractivity (Wildman–Crippen MR) is 198 cm³/mol. The van der Waals surface area contributed by atoms with Gasteiger partial charge < -0.3 is 24.6 Å². The van der Waals surface area contributed by atoms with Crippen LogP contribution in [0, 0.1) is 5.92 Å². The van der Waals surface area contributed by atoms with Gasteiger partial charge in [-0.05, 0) is 34.4 Å². The number of aliphatic hydroxyl groups is 1. The Balaban J connectivity index is 1.01. The van der Waals surface area contributed by atoms with Crippen molar-refractivity contribution in [2.24, 2.45) is 5.92 Å². The Morgan fingerprint density at radius 3 is 2.06 bits per heavy atom. The summed E-state index contributed by atoms with van der Waals surface area (Å²) in [6.45, 7) is 7.70. The first-order chi connectivity index (χ1) is 25.8. The number of anilines is 1. The zero-order valence-corrected chi connectivity index (χ0v) is 29.9. The normalized spacial score (nSPS) is 24.0. The van der Waals surface area contributed by atoms with Crippen molar-refractivity contribution in [3.05, 3.63) is 137 Å². The first-order valence-corrected chi connectivity index (χ1v) is 18.3. The summed E-state index contributed by atoms with van der Waals surface area (Å²) in [5, 5.41) is 12.2. The molecule has 1 unspecified atom stereocenters. The van der Waals surface area contributed by atoms with Gasteiger partial charge in [-0.2, -0.15) is 0 Å². The number of ether oxygens (including phenoxy) is 3. The Bertz CT molecular complexity index is 1830. The number of piperazine rings is 1. The van der Waals surface area contributed by atoms with Crippen molar-refractivity contribution in [1.82, 2.24) is 15.1 Å². The van der Waals surface area contributed by atoms with E-state index in [0.29, 0.717) is 5.69 Å². The van der Waals surface area contributed by atoms with Gasteiger partial charge in [0.15, 0.2) is 6.29 Å². The van der Waals surface area contributed by atoms with Gasteiger partial charge in [-0.25, -0.2) is 9.69 Å². The van der Waals surface area contributed by atoms with Crippen LogP contribution in [0.15, 0.2) is 109 Å². The van der Waals surface area contributed by atoms with E-state index in [1.807, 2.05) is 72.8 Å². The van der Waals surface area contributed by atoms with Gasteiger partial charge in [-0.15, -0.1) is 0 Å². The highest BCUT2D eigenvalue weighted by Crippen LogP contribution is 2.42. The molecule has 0 radical (unpaired) electrons. The molecule has 3 fully saturated rings. The Morgan fingerprint density at radius 1 is 0.774 bits per heavy atom. The summed E-state index contributed by atoms with van der Waals surface area (Å²) in [6, 6.07) is 33.6. The maximum absolute atomic E-state index is 13.3. The fraction of sp³-hybridized carbons (Fsp3) is 0.357. The Hall–Kier alpha value is -4.91. The van der Waals surface area contributed by atoms with Crippen molar-refractivity contribution >= 4 is 23.6 Å². The first kappa shape index (κ1) is 36.4. The molecule has 3 heterocycles. The van der Waals surface area contributed by atoms with E-state index >= 15 is 0 Å². The maximum Gasteiger partial charge on any atom is 0.408 e. The monoisotopic (exact) mass is 718 g/mol. The van der Waals surface area contributed by atoms with Crippen LogP contribution in [-0.4, -0.2) is 77.7 Å². The number of carbonyl (C=O) groups is 3. The first-order valence-electron chi connectivity index (χ1n) is 18.3.